The monoisotopic (exact) mass is 498 g/mol. The molecule has 1 atom stereocenters. The Kier molecular flexibility index (Phi) is 5.92. The normalized spacial score (nSPS) is 23.7. The van der Waals surface area contributed by atoms with Gasteiger partial charge < -0.3 is 15.8 Å². The number of sulfone groups is 1. The van der Waals surface area contributed by atoms with Gasteiger partial charge in [0.05, 0.1) is 10.8 Å². The van der Waals surface area contributed by atoms with Crippen LogP contribution in [0.5, 0.6) is 0 Å². The fourth-order valence-corrected chi connectivity index (χ4v) is 6.80. The second kappa shape index (κ2) is 8.30. The van der Waals surface area contributed by atoms with Crippen LogP contribution < -0.4 is 11.1 Å². The van der Waals surface area contributed by atoms with Crippen molar-refractivity contribution in [1.29, 1.82) is 0 Å². The topological polar surface area (TPSA) is 124 Å². The van der Waals surface area contributed by atoms with Crippen LogP contribution in [0.25, 0.3) is 0 Å². The molecule has 1 amide bonds. The van der Waals surface area contributed by atoms with E-state index in [0.29, 0.717) is 0 Å². The van der Waals surface area contributed by atoms with Gasteiger partial charge in [0.25, 0.3) is 5.91 Å². The van der Waals surface area contributed by atoms with Gasteiger partial charge in [0.2, 0.25) is 0 Å². The third-order valence-electron chi connectivity index (χ3n) is 6.03. The van der Waals surface area contributed by atoms with Crippen molar-refractivity contribution in [2.24, 2.45) is 10.7 Å². The Balaban J connectivity index is 1.70. The third-order valence-corrected chi connectivity index (χ3v) is 8.99. The van der Waals surface area contributed by atoms with Crippen molar-refractivity contribution >= 4 is 38.9 Å². The first-order chi connectivity index (χ1) is 15.5. The van der Waals surface area contributed by atoms with Crippen molar-refractivity contribution in [3.63, 3.8) is 0 Å². The summed E-state index contributed by atoms with van der Waals surface area (Å²) in [7, 11) is -3.82. The third kappa shape index (κ3) is 4.09. The Morgan fingerprint density at radius 3 is 2.55 bits per heavy atom. The lowest BCUT2D eigenvalue weighted by Crippen LogP contribution is -2.60. The van der Waals surface area contributed by atoms with Crippen molar-refractivity contribution in [3.8, 4) is 0 Å². The minimum Gasteiger partial charge on any atom is -0.386 e. The van der Waals surface area contributed by atoms with Gasteiger partial charge in [0.1, 0.15) is 21.9 Å². The molecular weight excluding hydrogens is 478 g/mol. The van der Waals surface area contributed by atoms with E-state index >= 15 is 0 Å². The summed E-state index contributed by atoms with van der Waals surface area (Å²) in [5, 5.41) is 2.46. The molecule has 0 bridgehead atoms. The van der Waals surface area contributed by atoms with Crippen molar-refractivity contribution in [1.82, 2.24) is 4.98 Å². The summed E-state index contributed by atoms with van der Waals surface area (Å²) >= 11 is 5.66. The summed E-state index contributed by atoms with van der Waals surface area (Å²) in [4.78, 5) is 20.6. The van der Waals surface area contributed by atoms with E-state index in [-0.39, 0.29) is 48.2 Å². The van der Waals surface area contributed by atoms with Gasteiger partial charge >= 0.3 is 0 Å². The Hall–Kier alpha value is -2.63. The molecule has 2 aliphatic heterocycles. The standard InChI is InChI=1S/C21H21ClF2N4O4S/c1-20(11-33(30,31)21(19(25)28-20)4-6-32-7-5-21)14-9-13(2-3-15(14)23)27-18(29)17-16(24)8-12(22)10-26-17/h2-3,8-10H,4-7,11H2,1H3,(H2,25,28)(H,27,29)/t20-/m0/s1. The number of halogens is 3. The molecule has 3 heterocycles. The van der Waals surface area contributed by atoms with Gasteiger partial charge in [-0.3, -0.25) is 9.79 Å². The number of ether oxygens (including phenoxy) is 1. The molecule has 2 aliphatic rings. The van der Waals surface area contributed by atoms with Crippen LogP contribution in [-0.4, -0.2) is 48.9 Å². The van der Waals surface area contributed by atoms with Crippen LogP contribution in [-0.2, 0) is 20.1 Å². The minimum absolute atomic E-state index is 0.0253. The molecule has 4 rings (SSSR count). The molecule has 0 unspecified atom stereocenters. The minimum atomic E-state index is -3.82. The second-order valence-electron chi connectivity index (χ2n) is 8.27. The van der Waals surface area contributed by atoms with Gasteiger partial charge in [-0.1, -0.05) is 11.6 Å². The fourth-order valence-electron chi connectivity index (χ4n) is 4.26. The molecule has 1 aromatic heterocycles. The zero-order valence-corrected chi connectivity index (χ0v) is 19.1. The first-order valence-corrected chi connectivity index (χ1v) is 12.1. The molecule has 3 N–H and O–H groups in total. The number of nitrogens with two attached hydrogens (primary N) is 1. The average Bonchev–Trinajstić information content (AvgIpc) is 2.74. The highest BCUT2D eigenvalue weighted by molar-refractivity contribution is 7.93. The summed E-state index contributed by atoms with van der Waals surface area (Å²) in [5.41, 5.74) is 4.17. The Morgan fingerprint density at radius 1 is 1.21 bits per heavy atom. The van der Waals surface area contributed by atoms with Crippen LogP contribution in [0, 0.1) is 11.6 Å². The molecule has 1 aromatic carbocycles. The van der Waals surface area contributed by atoms with Gasteiger partial charge in [-0.15, -0.1) is 0 Å². The molecule has 0 aliphatic carbocycles. The van der Waals surface area contributed by atoms with Crippen molar-refractivity contribution in [3.05, 3.63) is 58.4 Å². The van der Waals surface area contributed by atoms with E-state index in [9.17, 15) is 22.0 Å². The van der Waals surface area contributed by atoms with Crippen LogP contribution in [0.2, 0.25) is 5.02 Å². The van der Waals surface area contributed by atoms with E-state index in [1.165, 1.54) is 19.1 Å². The van der Waals surface area contributed by atoms with Gasteiger partial charge in [-0.05, 0) is 44.0 Å². The van der Waals surface area contributed by atoms with Crippen LogP contribution in [0.1, 0.15) is 35.8 Å². The number of hydrogen-bond donors (Lipinski definition) is 2. The molecule has 0 radical (unpaired) electrons. The van der Waals surface area contributed by atoms with E-state index in [4.69, 9.17) is 22.1 Å². The number of nitrogens with one attached hydrogen (secondary N) is 1. The molecule has 33 heavy (non-hydrogen) atoms. The van der Waals surface area contributed by atoms with Crippen LogP contribution in [0.3, 0.4) is 0 Å². The Morgan fingerprint density at radius 2 is 1.91 bits per heavy atom. The van der Waals surface area contributed by atoms with E-state index in [0.717, 1.165) is 18.3 Å². The number of carbonyl (C=O) groups is 1. The summed E-state index contributed by atoms with van der Waals surface area (Å²) < 4.78 is 59.5. The lowest BCUT2D eigenvalue weighted by Gasteiger charge is -2.43. The number of carbonyl (C=O) groups excluding carboxylic acids is 1. The second-order valence-corrected chi connectivity index (χ2v) is 11.0. The number of hydrogen-bond acceptors (Lipinski definition) is 7. The molecule has 2 aromatic rings. The first kappa shape index (κ1) is 23.5. The smallest absolute Gasteiger partial charge is 0.277 e. The van der Waals surface area contributed by atoms with Crippen molar-refractivity contribution in [2.75, 3.05) is 24.3 Å². The molecule has 1 fully saturated rings. The van der Waals surface area contributed by atoms with E-state index in [2.05, 4.69) is 15.3 Å². The predicted octanol–water partition coefficient (Wildman–Crippen LogP) is 2.82. The number of pyridine rings is 1. The lowest BCUT2D eigenvalue weighted by molar-refractivity contribution is 0.0875. The highest BCUT2D eigenvalue weighted by Gasteiger charge is 2.55. The van der Waals surface area contributed by atoms with Gasteiger partial charge in [0.15, 0.2) is 21.3 Å². The van der Waals surface area contributed by atoms with Crippen LogP contribution in [0.4, 0.5) is 14.5 Å². The van der Waals surface area contributed by atoms with E-state index in [1.807, 2.05) is 0 Å². The zero-order valence-electron chi connectivity index (χ0n) is 17.6. The predicted molar refractivity (Wildman–Crippen MR) is 119 cm³/mol. The number of anilines is 1. The molecular formula is C21H21ClF2N4O4S. The van der Waals surface area contributed by atoms with Crippen LogP contribution in [0.15, 0.2) is 35.5 Å². The number of aliphatic imine (C=N–C) groups is 1. The maximum Gasteiger partial charge on any atom is 0.277 e. The number of amides is 1. The quantitative estimate of drug-likeness (QED) is 0.670. The number of benzene rings is 1. The molecule has 176 valence electrons. The fraction of sp³-hybridized carbons (Fsp3) is 0.381. The van der Waals surface area contributed by atoms with E-state index < -0.39 is 49.1 Å². The van der Waals surface area contributed by atoms with E-state index in [1.54, 1.807) is 0 Å². The summed E-state index contributed by atoms with van der Waals surface area (Å²) in [6.45, 7) is 1.93. The van der Waals surface area contributed by atoms with Crippen molar-refractivity contribution in [2.45, 2.75) is 30.1 Å². The highest BCUT2D eigenvalue weighted by Crippen LogP contribution is 2.42. The van der Waals surface area contributed by atoms with Gasteiger partial charge in [-0.25, -0.2) is 22.2 Å². The Labute approximate surface area is 194 Å². The molecule has 0 saturated carbocycles. The Bertz CT molecular complexity index is 1260. The number of aromatic nitrogens is 1. The maximum atomic E-state index is 14.9. The molecule has 12 heteroatoms. The number of nitrogens with zero attached hydrogens (tertiary/aromatic N) is 2. The SMILES string of the molecule is C[C@@]1(c2cc(NC(=O)c3ncc(Cl)cc3F)ccc2F)CS(=O)(=O)C2(CCOCC2)C(N)=N1. The zero-order chi connectivity index (χ0) is 24.0. The summed E-state index contributed by atoms with van der Waals surface area (Å²) in [6, 6.07) is 4.53. The van der Waals surface area contributed by atoms with Crippen molar-refractivity contribution < 1.29 is 26.7 Å². The average molecular weight is 499 g/mol. The summed E-state index contributed by atoms with van der Waals surface area (Å²) in [5.74, 6) is -3.08. The summed E-state index contributed by atoms with van der Waals surface area (Å²) in [6.07, 6.45) is 1.48. The van der Waals surface area contributed by atoms with Crippen LogP contribution >= 0.6 is 11.6 Å². The first-order valence-electron chi connectivity index (χ1n) is 10.1. The largest absolute Gasteiger partial charge is 0.386 e. The molecule has 8 nitrogen and oxygen atoms in total. The molecule has 1 spiro atoms. The maximum absolute atomic E-state index is 14.9. The number of amidine groups is 1. The van der Waals surface area contributed by atoms with Gasteiger partial charge in [0, 0.05) is 30.7 Å². The lowest BCUT2D eigenvalue weighted by atomic mass is 9.91. The number of rotatable bonds is 3. The molecule has 1 saturated heterocycles. The highest BCUT2D eigenvalue weighted by atomic mass is 35.5. The van der Waals surface area contributed by atoms with Gasteiger partial charge in [-0.2, -0.15) is 0 Å².